The topological polar surface area (TPSA) is 68.2 Å². The van der Waals surface area contributed by atoms with Crippen molar-refractivity contribution in [3.63, 3.8) is 0 Å². The van der Waals surface area contributed by atoms with E-state index >= 15 is 0 Å². The Hall–Kier alpha value is -1.79. The molecule has 0 bridgehead atoms. The molecule has 0 saturated carbocycles. The lowest BCUT2D eigenvalue weighted by Crippen LogP contribution is -2.48. The number of hydrogen-bond donors (Lipinski definition) is 1. The Balaban J connectivity index is 1.92. The normalized spacial score (nSPS) is 18.4. The van der Waals surface area contributed by atoms with Crippen LogP contribution < -0.4 is 9.47 Å². The molecule has 0 spiro atoms. The van der Waals surface area contributed by atoms with Crippen molar-refractivity contribution in [2.45, 2.75) is 13.0 Å². The van der Waals surface area contributed by atoms with Crippen LogP contribution in [0.25, 0.3) is 0 Å². The molecule has 21 heavy (non-hydrogen) atoms. The molecule has 6 nitrogen and oxygen atoms in total. The summed E-state index contributed by atoms with van der Waals surface area (Å²) in [6, 6.07) is 5.55. The zero-order valence-corrected chi connectivity index (χ0v) is 12.4. The number of carbonyl (C=O) groups is 1. The Kier molecular flexibility index (Phi) is 5.41. The third kappa shape index (κ3) is 4.09. The first-order valence-corrected chi connectivity index (χ1v) is 6.91. The predicted molar refractivity (Wildman–Crippen MR) is 76.6 cm³/mol. The second kappa shape index (κ2) is 7.28. The van der Waals surface area contributed by atoms with Crippen molar-refractivity contribution >= 4 is 5.91 Å². The van der Waals surface area contributed by atoms with E-state index in [0.29, 0.717) is 31.2 Å². The van der Waals surface area contributed by atoms with Gasteiger partial charge in [-0.1, -0.05) is 6.07 Å². The number of rotatable bonds is 5. The smallest absolute Gasteiger partial charge is 0.260 e. The highest BCUT2D eigenvalue weighted by Crippen LogP contribution is 2.27. The van der Waals surface area contributed by atoms with Gasteiger partial charge >= 0.3 is 0 Å². The van der Waals surface area contributed by atoms with Gasteiger partial charge in [0.2, 0.25) is 0 Å². The number of aliphatic hydroxyl groups excluding tert-OH is 1. The Labute approximate surface area is 124 Å². The number of amides is 1. The maximum Gasteiger partial charge on any atom is 0.260 e. The van der Waals surface area contributed by atoms with Crippen LogP contribution in [-0.2, 0) is 9.53 Å². The highest BCUT2D eigenvalue weighted by Gasteiger charge is 2.24. The summed E-state index contributed by atoms with van der Waals surface area (Å²) in [5.41, 5.74) is 1.06. The summed E-state index contributed by atoms with van der Waals surface area (Å²) in [4.78, 5) is 13.8. The lowest BCUT2D eigenvalue weighted by atomic mass is 10.2. The lowest BCUT2D eigenvalue weighted by Gasteiger charge is -2.32. The van der Waals surface area contributed by atoms with Crippen molar-refractivity contribution < 1.29 is 24.1 Å². The summed E-state index contributed by atoms with van der Waals surface area (Å²) in [5, 5.41) is 9.08. The quantitative estimate of drug-likeness (QED) is 0.861. The van der Waals surface area contributed by atoms with Crippen LogP contribution in [0.2, 0.25) is 0 Å². The van der Waals surface area contributed by atoms with Gasteiger partial charge in [0.05, 0.1) is 26.4 Å². The average molecular weight is 295 g/mol. The van der Waals surface area contributed by atoms with Gasteiger partial charge in [0.15, 0.2) is 18.1 Å². The Bertz CT molecular complexity index is 491. The fraction of sp³-hybridized carbons (Fsp3) is 0.533. The zero-order valence-electron chi connectivity index (χ0n) is 12.4. The summed E-state index contributed by atoms with van der Waals surface area (Å²) in [6.07, 6.45) is -0.309. The molecular formula is C15H21NO5. The van der Waals surface area contributed by atoms with Crippen LogP contribution in [0.3, 0.4) is 0 Å². The Morgan fingerprint density at radius 3 is 3.00 bits per heavy atom. The van der Waals surface area contributed by atoms with E-state index < -0.39 is 0 Å². The minimum absolute atomic E-state index is 0.0580. The standard InChI is InChI=1S/C15H21NO5/c1-11-3-4-13(14(7-11)19-2)21-10-15(18)16-5-6-20-12(8-16)9-17/h3-4,7,12,17H,5-6,8-10H2,1-2H3. The minimum Gasteiger partial charge on any atom is -0.493 e. The Morgan fingerprint density at radius 1 is 1.48 bits per heavy atom. The van der Waals surface area contributed by atoms with Gasteiger partial charge in [-0.25, -0.2) is 0 Å². The summed E-state index contributed by atoms with van der Waals surface area (Å²) in [6.45, 7) is 3.16. The van der Waals surface area contributed by atoms with Crippen molar-refractivity contribution in [3.05, 3.63) is 23.8 Å². The van der Waals surface area contributed by atoms with Crippen LogP contribution in [-0.4, -0.2) is 62.0 Å². The van der Waals surface area contributed by atoms with E-state index in [4.69, 9.17) is 19.3 Å². The monoisotopic (exact) mass is 295 g/mol. The third-order valence-electron chi connectivity index (χ3n) is 3.37. The molecule has 6 heteroatoms. The minimum atomic E-state index is -0.309. The van der Waals surface area contributed by atoms with Gasteiger partial charge in [0.1, 0.15) is 0 Å². The van der Waals surface area contributed by atoms with Gasteiger partial charge in [-0.3, -0.25) is 4.79 Å². The van der Waals surface area contributed by atoms with Gasteiger partial charge < -0.3 is 24.2 Å². The summed E-state index contributed by atoms with van der Waals surface area (Å²) in [7, 11) is 1.57. The van der Waals surface area contributed by atoms with Crippen molar-refractivity contribution in [2.24, 2.45) is 0 Å². The molecule has 0 radical (unpaired) electrons. The van der Waals surface area contributed by atoms with Crippen LogP contribution in [0, 0.1) is 6.92 Å². The number of carbonyl (C=O) groups excluding carboxylic acids is 1. The van der Waals surface area contributed by atoms with Crippen LogP contribution in [0.15, 0.2) is 18.2 Å². The molecule has 1 fully saturated rings. The lowest BCUT2D eigenvalue weighted by molar-refractivity contribution is -0.142. The van der Waals surface area contributed by atoms with Gasteiger partial charge in [-0.05, 0) is 24.6 Å². The third-order valence-corrected chi connectivity index (χ3v) is 3.37. The molecule has 0 aromatic heterocycles. The average Bonchev–Trinajstić information content (AvgIpc) is 2.53. The molecule has 1 amide bonds. The van der Waals surface area contributed by atoms with Crippen LogP contribution >= 0.6 is 0 Å². The first-order chi connectivity index (χ1) is 10.1. The first kappa shape index (κ1) is 15.6. The van der Waals surface area contributed by atoms with Gasteiger partial charge in [0.25, 0.3) is 5.91 Å². The highest BCUT2D eigenvalue weighted by atomic mass is 16.5. The van der Waals surface area contributed by atoms with Crippen LogP contribution in [0.1, 0.15) is 5.56 Å². The second-order valence-electron chi connectivity index (χ2n) is 4.96. The first-order valence-electron chi connectivity index (χ1n) is 6.91. The van der Waals surface area contributed by atoms with Gasteiger partial charge in [-0.15, -0.1) is 0 Å². The SMILES string of the molecule is COc1cc(C)ccc1OCC(=O)N1CCOC(CO)C1. The van der Waals surface area contributed by atoms with E-state index in [2.05, 4.69) is 0 Å². The Morgan fingerprint density at radius 2 is 2.29 bits per heavy atom. The van der Waals surface area contributed by atoms with E-state index in [0.717, 1.165) is 5.56 Å². The number of ether oxygens (including phenoxy) is 3. The molecule has 116 valence electrons. The van der Waals surface area contributed by atoms with E-state index in [9.17, 15) is 4.79 Å². The van der Waals surface area contributed by atoms with Crippen molar-refractivity contribution in [1.29, 1.82) is 0 Å². The molecule has 1 N–H and O–H groups in total. The summed E-state index contributed by atoms with van der Waals surface area (Å²) >= 11 is 0. The summed E-state index contributed by atoms with van der Waals surface area (Å²) < 4.78 is 16.1. The van der Waals surface area contributed by atoms with E-state index in [1.807, 2.05) is 19.1 Å². The molecule has 1 unspecified atom stereocenters. The van der Waals surface area contributed by atoms with Gasteiger partial charge in [0, 0.05) is 13.1 Å². The van der Waals surface area contributed by atoms with E-state index in [1.165, 1.54) is 0 Å². The maximum absolute atomic E-state index is 12.1. The van der Waals surface area contributed by atoms with Crippen molar-refractivity contribution in [1.82, 2.24) is 4.90 Å². The van der Waals surface area contributed by atoms with E-state index in [-0.39, 0.29) is 25.2 Å². The second-order valence-corrected chi connectivity index (χ2v) is 4.96. The molecule has 1 atom stereocenters. The molecule has 1 saturated heterocycles. The van der Waals surface area contributed by atoms with Crippen molar-refractivity contribution in [3.8, 4) is 11.5 Å². The number of nitrogens with zero attached hydrogens (tertiary/aromatic N) is 1. The highest BCUT2D eigenvalue weighted by molar-refractivity contribution is 5.78. The molecule has 2 rings (SSSR count). The molecule has 1 heterocycles. The zero-order chi connectivity index (χ0) is 15.2. The maximum atomic E-state index is 12.1. The molecule has 1 aromatic carbocycles. The molecule has 1 aliphatic heterocycles. The number of aryl methyl sites for hydroxylation is 1. The number of benzene rings is 1. The predicted octanol–water partition coefficient (Wildman–Crippen LogP) is 0.602. The fourth-order valence-corrected chi connectivity index (χ4v) is 2.18. The van der Waals surface area contributed by atoms with Crippen LogP contribution in [0.5, 0.6) is 11.5 Å². The number of aliphatic hydroxyl groups is 1. The fourth-order valence-electron chi connectivity index (χ4n) is 2.18. The molecule has 1 aromatic rings. The van der Waals surface area contributed by atoms with E-state index in [1.54, 1.807) is 18.1 Å². The number of morpholine rings is 1. The summed E-state index contributed by atoms with van der Waals surface area (Å²) in [5.74, 6) is 1.03. The number of hydrogen-bond acceptors (Lipinski definition) is 5. The van der Waals surface area contributed by atoms with Crippen LogP contribution in [0.4, 0.5) is 0 Å². The largest absolute Gasteiger partial charge is 0.493 e. The molecule has 0 aliphatic carbocycles. The van der Waals surface area contributed by atoms with Crippen molar-refractivity contribution in [2.75, 3.05) is 40.0 Å². The molecular weight excluding hydrogens is 274 g/mol. The molecule has 1 aliphatic rings. The van der Waals surface area contributed by atoms with Gasteiger partial charge in [-0.2, -0.15) is 0 Å². The number of methoxy groups -OCH3 is 1.